The lowest BCUT2D eigenvalue weighted by atomic mass is 9.64. The van der Waals surface area contributed by atoms with Crippen molar-refractivity contribution in [2.45, 2.75) is 71.1 Å². The van der Waals surface area contributed by atoms with E-state index >= 15 is 0 Å². The zero-order valence-electron chi connectivity index (χ0n) is 20.2. The van der Waals surface area contributed by atoms with Gasteiger partial charge in [-0.1, -0.05) is 54.3 Å². The second-order valence-electron chi connectivity index (χ2n) is 9.91. The molecule has 4 atom stereocenters. The van der Waals surface area contributed by atoms with E-state index in [1.165, 1.54) is 44.1 Å². The molecule has 1 heteroatoms. The average Bonchev–Trinajstić information content (AvgIpc) is 2.84. The largest absolute Gasteiger partial charge is 0.207 e. The highest BCUT2D eigenvalue weighted by molar-refractivity contribution is 5.44. The van der Waals surface area contributed by atoms with E-state index in [1.54, 1.807) is 6.07 Å². The van der Waals surface area contributed by atoms with E-state index in [-0.39, 0.29) is 5.82 Å². The number of benzene rings is 2. The Morgan fingerprint density at radius 3 is 2.33 bits per heavy atom. The lowest BCUT2D eigenvalue weighted by Gasteiger charge is -2.41. The third-order valence-corrected chi connectivity index (χ3v) is 7.72. The summed E-state index contributed by atoms with van der Waals surface area (Å²) in [5, 5.41) is 0. The fraction of sp³-hybridized carbons (Fsp3) is 0.438. The topological polar surface area (TPSA) is 0 Å². The molecule has 2 fully saturated rings. The fourth-order valence-corrected chi connectivity index (χ4v) is 5.89. The van der Waals surface area contributed by atoms with Gasteiger partial charge in [0.15, 0.2) is 0 Å². The van der Waals surface area contributed by atoms with Gasteiger partial charge in [0.05, 0.1) is 0 Å². The van der Waals surface area contributed by atoms with Gasteiger partial charge in [-0.2, -0.15) is 0 Å². The van der Waals surface area contributed by atoms with Gasteiger partial charge in [0, 0.05) is 11.1 Å². The average molecular weight is 441 g/mol. The van der Waals surface area contributed by atoms with Gasteiger partial charge in [-0.25, -0.2) is 4.39 Å². The Morgan fingerprint density at radius 2 is 1.58 bits per heavy atom. The van der Waals surface area contributed by atoms with Crippen molar-refractivity contribution in [3.8, 4) is 11.8 Å². The van der Waals surface area contributed by atoms with Gasteiger partial charge in [0.1, 0.15) is 5.82 Å². The van der Waals surface area contributed by atoms with Gasteiger partial charge in [0.2, 0.25) is 0 Å². The van der Waals surface area contributed by atoms with Crippen molar-refractivity contribution in [3.05, 3.63) is 94.8 Å². The molecule has 33 heavy (non-hydrogen) atoms. The molecule has 0 aromatic heterocycles. The Balaban J connectivity index is 1.35. The quantitative estimate of drug-likeness (QED) is 0.322. The summed E-state index contributed by atoms with van der Waals surface area (Å²) in [6, 6.07) is 14.2. The Labute approximate surface area is 200 Å². The molecule has 0 amide bonds. The van der Waals surface area contributed by atoms with Crippen LogP contribution in [0, 0.1) is 35.4 Å². The van der Waals surface area contributed by atoms with Crippen molar-refractivity contribution in [2.75, 3.05) is 0 Å². The number of halogens is 1. The molecule has 2 aromatic rings. The van der Waals surface area contributed by atoms with Crippen LogP contribution in [0.25, 0.3) is 0 Å². The van der Waals surface area contributed by atoms with Gasteiger partial charge in [0.25, 0.3) is 0 Å². The van der Waals surface area contributed by atoms with E-state index in [9.17, 15) is 4.39 Å². The van der Waals surface area contributed by atoms with Gasteiger partial charge in [-0.15, -0.1) is 0 Å². The second kappa shape index (κ2) is 11.5. The first-order valence-corrected chi connectivity index (χ1v) is 12.8. The van der Waals surface area contributed by atoms with E-state index in [0.29, 0.717) is 5.92 Å². The summed E-state index contributed by atoms with van der Waals surface area (Å²) in [5.41, 5.74) is 3.95. The van der Waals surface area contributed by atoms with Crippen molar-refractivity contribution < 1.29 is 4.39 Å². The molecular weight excluding hydrogens is 403 g/mol. The third kappa shape index (κ3) is 6.26. The highest BCUT2D eigenvalue weighted by atomic mass is 19.1. The van der Waals surface area contributed by atoms with Gasteiger partial charge in [-0.3, -0.25) is 0 Å². The van der Waals surface area contributed by atoms with Gasteiger partial charge in [-0.05, 0) is 124 Å². The zero-order chi connectivity index (χ0) is 23.0. The highest BCUT2D eigenvalue weighted by Crippen LogP contribution is 2.47. The molecule has 4 unspecified atom stereocenters. The van der Waals surface area contributed by atoms with Crippen molar-refractivity contribution in [3.63, 3.8) is 0 Å². The second-order valence-corrected chi connectivity index (χ2v) is 9.91. The highest BCUT2D eigenvalue weighted by Gasteiger charge is 2.35. The van der Waals surface area contributed by atoms with Crippen LogP contribution in [0.5, 0.6) is 0 Å². The molecule has 2 aromatic carbocycles. The fourth-order valence-electron chi connectivity index (χ4n) is 5.89. The number of hydrogen-bond acceptors (Lipinski definition) is 0. The predicted octanol–water partition coefficient (Wildman–Crippen LogP) is 8.61. The van der Waals surface area contributed by atoms with Crippen LogP contribution in [0.4, 0.5) is 4.39 Å². The smallest absolute Gasteiger partial charge is 0.127 e. The first-order chi connectivity index (χ1) is 16.2. The monoisotopic (exact) mass is 440 g/mol. The van der Waals surface area contributed by atoms with Crippen LogP contribution in [-0.2, 0) is 6.42 Å². The van der Waals surface area contributed by atoms with E-state index < -0.39 is 0 Å². The number of fused-ring (bicyclic) bond motifs is 1. The lowest BCUT2D eigenvalue weighted by Crippen LogP contribution is -2.30. The Bertz CT molecular complexity index is 1030. The summed E-state index contributed by atoms with van der Waals surface area (Å²) in [6.45, 7) is 4.14. The summed E-state index contributed by atoms with van der Waals surface area (Å²) in [4.78, 5) is 0. The summed E-state index contributed by atoms with van der Waals surface area (Å²) in [5.74, 6) is 9.53. The van der Waals surface area contributed by atoms with E-state index in [0.717, 1.165) is 47.3 Å². The normalized spacial score (nSPS) is 25.1. The Morgan fingerprint density at radius 1 is 0.848 bits per heavy atom. The minimum absolute atomic E-state index is 0.156. The number of hydrogen-bond donors (Lipinski definition) is 0. The molecule has 4 rings (SSSR count). The van der Waals surface area contributed by atoms with Crippen LogP contribution in [-0.4, -0.2) is 0 Å². The molecule has 172 valence electrons. The van der Waals surface area contributed by atoms with E-state index in [2.05, 4.69) is 61.3 Å². The molecule has 0 heterocycles. The Hall–Kier alpha value is -2.59. The zero-order valence-corrected chi connectivity index (χ0v) is 20.2. The minimum atomic E-state index is -0.156. The summed E-state index contributed by atoms with van der Waals surface area (Å²) >= 11 is 0. The van der Waals surface area contributed by atoms with E-state index in [4.69, 9.17) is 0 Å². The Kier molecular flexibility index (Phi) is 8.22. The maximum Gasteiger partial charge on any atom is 0.127 e. The molecule has 0 bridgehead atoms. The first kappa shape index (κ1) is 23.6. The molecular formula is C32H37F. The first-order valence-electron chi connectivity index (χ1n) is 12.8. The molecule has 0 N–H and O–H groups in total. The van der Waals surface area contributed by atoms with Gasteiger partial charge < -0.3 is 0 Å². The number of allylic oxidation sites excluding steroid dienone is 4. The number of rotatable bonds is 5. The van der Waals surface area contributed by atoms with Crippen molar-refractivity contribution in [1.82, 2.24) is 0 Å². The van der Waals surface area contributed by atoms with Crippen molar-refractivity contribution in [2.24, 2.45) is 17.8 Å². The molecule has 2 aliphatic rings. The predicted molar refractivity (Wildman–Crippen MR) is 138 cm³/mol. The molecule has 0 aliphatic heterocycles. The minimum Gasteiger partial charge on any atom is -0.207 e. The SMILES string of the molecule is C/C=C/CCc1ccc(C#Cc2ccc(C3CCC4CC(/C=C/C)CCC4C3)cc2)cc1F. The number of aryl methyl sites for hydroxylation is 1. The maximum atomic E-state index is 14.3. The van der Waals surface area contributed by atoms with Crippen LogP contribution in [0.2, 0.25) is 0 Å². The lowest BCUT2D eigenvalue weighted by molar-refractivity contribution is 0.133. The molecule has 0 radical (unpaired) electrons. The summed E-state index contributed by atoms with van der Waals surface area (Å²) in [7, 11) is 0. The van der Waals surface area contributed by atoms with E-state index in [1.807, 2.05) is 25.1 Å². The van der Waals surface area contributed by atoms with Gasteiger partial charge >= 0.3 is 0 Å². The maximum absolute atomic E-state index is 14.3. The summed E-state index contributed by atoms with van der Waals surface area (Å²) < 4.78 is 14.3. The van der Waals surface area contributed by atoms with Crippen LogP contribution >= 0.6 is 0 Å². The van der Waals surface area contributed by atoms with Crippen LogP contribution in [0.15, 0.2) is 66.8 Å². The van der Waals surface area contributed by atoms with Crippen molar-refractivity contribution in [1.29, 1.82) is 0 Å². The molecule has 0 saturated heterocycles. The third-order valence-electron chi connectivity index (χ3n) is 7.72. The standard InChI is InChI=1S/C32H37F/c1-3-5-6-8-28-17-13-26(22-32(28)33)10-9-24-11-15-27(16-12-24)30-20-19-29-21-25(7-4-2)14-18-31(29)23-30/h3-5,7,11-13,15-17,22,25,29-31H,6,8,14,18-21,23H2,1-2H3/b5-3+,7-4+. The van der Waals surface area contributed by atoms with Crippen LogP contribution in [0.1, 0.15) is 87.0 Å². The molecule has 2 aliphatic carbocycles. The van der Waals surface area contributed by atoms with Crippen LogP contribution < -0.4 is 0 Å². The summed E-state index contributed by atoms with van der Waals surface area (Å²) in [6.07, 6.45) is 18.5. The van der Waals surface area contributed by atoms with Crippen LogP contribution in [0.3, 0.4) is 0 Å². The van der Waals surface area contributed by atoms with Crippen molar-refractivity contribution >= 4 is 0 Å². The molecule has 2 saturated carbocycles. The molecule has 0 nitrogen and oxygen atoms in total. The molecule has 0 spiro atoms.